The fourth-order valence-electron chi connectivity index (χ4n) is 2.81. The van der Waals surface area contributed by atoms with E-state index in [0.717, 1.165) is 0 Å². The minimum Gasteiger partial charge on any atom is -0.358 e. The molecule has 2 rings (SSSR count). The molecular weight excluding hydrogens is 355 g/mol. The predicted molar refractivity (Wildman–Crippen MR) is 102 cm³/mol. The first-order chi connectivity index (χ1) is 9.11. The molecule has 126 valence electrons. The topological polar surface area (TPSA) is 0 Å². The van der Waals surface area contributed by atoms with Crippen LogP contribution in [0.4, 0.5) is 0 Å². The Morgan fingerprint density at radius 1 is 0.261 bits per heavy atom. The Morgan fingerprint density at radius 2 is 0.304 bits per heavy atom. The van der Waals surface area contributed by atoms with E-state index >= 15 is 0 Å². The first-order valence-corrected chi connectivity index (χ1v) is 7.50. The summed E-state index contributed by atoms with van der Waals surface area (Å²) in [5.74, 6) is 14.7. The van der Waals surface area contributed by atoms with Gasteiger partial charge >= 0.3 is 26.2 Å². The summed E-state index contributed by atoms with van der Waals surface area (Å²) in [6.45, 7) is 22.0. The van der Waals surface area contributed by atoms with Crippen LogP contribution in [0.1, 0.15) is 69.2 Å². The van der Waals surface area contributed by atoms with Gasteiger partial charge in [-0.15, -0.1) is 0 Å². The van der Waals surface area contributed by atoms with Gasteiger partial charge in [-0.1, -0.05) is 69.2 Å². The second-order valence-corrected chi connectivity index (χ2v) is 6.25. The number of hydrogen-bond acceptors (Lipinski definition) is 0. The van der Waals surface area contributed by atoms with Crippen LogP contribution >= 0.6 is 0 Å². The standard InChI is InChI=1S/2C10H15.2CH3.Zr/c2*1-6-7(2)9(4)10(5)8(6)3;;;/h2*1-5H3;2*1H3;/q;;2*-1;+4. The molecule has 0 atom stereocenters. The van der Waals surface area contributed by atoms with Crippen molar-refractivity contribution in [2.75, 3.05) is 0 Å². The van der Waals surface area contributed by atoms with Crippen LogP contribution < -0.4 is 0 Å². The van der Waals surface area contributed by atoms with E-state index in [1.54, 1.807) is 0 Å². The van der Waals surface area contributed by atoms with Gasteiger partial charge in [0.05, 0.1) is 0 Å². The number of rotatable bonds is 0. The minimum absolute atomic E-state index is 0. The van der Waals surface area contributed by atoms with Gasteiger partial charge in [-0.05, 0) is 59.2 Å². The molecule has 2 saturated carbocycles. The Kier molecular flexibility index (Phi) is 14.3. The molecule has 0 aliphatic heterocycles. The monoisotopic (exact) mass is 390 g/mol. The van der Waals surface area contributed by atoms with E-state index in [1.807, 2.05) is 0 Å². The molecule has 1 heteroatoms. The molecule has 0 amide bonds. The molecule has 2 aliphatic carbocycles. The molecule has 23 heavy (non-hydrogen) atoms. The van der Waals surface area contributed by atoms with Crippen molar-refractivity contribution in [1.29, 1.82) is 0 Å². The molecule has 10 radical (unpaired) electrons. The predicted octanol–water partition coefficient (Wildman–Crippen LogP) is 6.84. The van der Waals surface area contributed by atoms with Crippen molar-refractivity contribution >= 4 is 0 Å². The maximum atomic E-state index is 2.20. The van der Waals surface area contributed by atoms with Crippen molar-refractivity contribution in [2.45, 2.75) is 69.2 Å². The minimum atomic E-state index is 0. The van der Waals surface area contributed by atoms with Gasteiger partial charge in [-0.25, -0.2) is 0 Å². The van der Waals surface area contributed by atoms with Crippen LogP contribution in [-0.2, 0) is 26.2 Å². The van der Waals surface area contributed by atoms with Crippen LogP contribution in [0.25, 0.3) is 0 Å². The zero-order valence-electron chi connectivity index (χ0n) is 17.5. The van der Waals surface area contributed by atoms with Crippen molar-refractivity contribution < 1.29 is 26.2 Å². The Hall–Kier alpha value is 0.883. The summed E-state index contributed by atoms with van der Waals surface area (Å²) < 4.78 is 0. The Labute approximate surface area is 169 Å². The van der Waals surface area contributed by atoms with Crippen molar-refractivity contribution in [3.05, 3.63) is 74.0 Å². The summed E-state index contributed by atoms with van der Waals surface area (Å²) in [6, 6.07) is 0. The van der Waals surface area contributed by atoms with Gasteiger partial charge in [0.15, 0.2) is 0 Å². The average Bonchev–Trinajstić information content (AvgIpc) is 2.71. The fraction of sp³-hybridized carbons (Fsp3) is 0.455. The Morgan fingerprint density at radius 3 is 0.348 bits per heavy atom. The molecule has 0 unspecified atom stereocenters. The van der Waals surface area contributed by atoms with E-state index in [0.29, 0.717) is 0 Å². The first kappa shape index (κ1) is 28.7. The molecular formula is C22H36Zr+2. The summed E-state index contributed by atoms with van der Waals surface area (Å²) in [5.41, 5.74) is 0. The summed E-state index contributed by atoms with van der Waals surface area (Å²) in [4.78, 5) is 0. The van der Waals surface area contributed by atoms with Gasteiger partial charge in [-0.3, -0.25) is 0 Å². The first-order valence-electron chi connectivity index (χ1n) is 7.50. The third kappa shape index (κ3) is 5.97. The summed E-state index contributed by atoms with van der Waals surface area (Å²) >= 11 is 0. The maximum Gasteiger partial charge on any atom is 4.00 e. The van der Waals surface area contributed by atoms with Crippen LogP contribution in [0.2, 0.25) is 0 Å². The molecule has 0 nitrogen and oxygen atoms in total. The van der Waals surface area contributed by atoms with E-state index < -0.39 is 0 Å². The van der Waals surface area contributed by atoms with Crippen molar-refractivity contribution in [1.82, 2.24) is 0 Å². The van der Waals surface area contributed by atoms with Crippen molar-refractivity contribution in [2.24, 2.45) is 0 Å². The SMILES string of the molecule is C[C]1[C](C)[C](C)[C](C)[C]1C.C[C]1[C](C)[C](C)[C](C)[C]1C.[CH3-].[CH3-].[Zr+4]. The molecule has 0 saturated heterocycles. The molecule has 0 N–H and O–H groups in total. The quantitative estimate of drug-likeness (QED) is 0.396. The van der Waals surface area contributed by atoms with Gasteiger partial charge in [0.1, 0.15) is 0 Å². The summed E-state index contributed by atoms with van der Waals surface area (Å²) in [5, 5.41) is 0. The van der Waals surface area contributed by atoms with E-state index in [2.05, 4.69) is 69.2 Å². The molecule has 0 aromatic heterocycles. The second kappa shape index (κ2) is 11.5. The third-order valence-electron chi connectivity index (χ3n) is 5.62. The third-order valence-corrected chi connectivity index (χ3v) is 5.62. The van der Waals surface area contributed by atoms with Gasteiger partial charge in [0.25, 0.3) is 0 Å². The summed E-state index contributed by atoms with van der Waals surface area (Å²) in [6.07, 6.45) is 0. The average molecular weight is 392 g/mol. The van der Waals surface area contributed by atoms with Crippen LogP contribution in [0.15, 0.2) is 0 Å². The largest absolute Gasteiger partial charge is 4.00 e. The Bertz CT molecular complexity index is 181. The molecule has 0 heterocycles. The van der Waals surface area contributed by atoms with Gasteiger partial charge < -0.3 is 14.9 Å². The van der Waals surface area contributed by atoms with Crippen LogP contribution in [0.3, 0.4) is 0 Å². The van der Waals surface area contributed by atoms with Crippen molar-refractivity contribution in [3.8, 4) is 0 Å². The second-order valence-electron chi connectivity index (χ2n) is 6.25. The van der Waals surface area contributed by atoms with Gasteiger partial charge in [0.2, 0.25) is 0 Å². The van der Waals surface area contributed by atoms with E-state index in [4.69, 9.17) is 0 Å². The van der Waals surface area contributed by atoms with Crippen LogP contribution in [0.5, 0.6) is 0 Å². The molecule has 2 fully saturated rings. The molecule has 2 aliphatic rings. The zero-order valence-corrected chi connectivity index (χ0v) is 20.0. The Balaban J connectivity index is -0.000000308. The van der Waals surface area contributed by atoms with Gasteiger partial charge in [-0.2, -0.15) is 0 Å². The molecule has 0 spiro atoms. The number of hydrogen-bond donors (Lipinski definition) is 0. The van der Waals surface area contributed by atoms with Gasteiger partial charge in [0, 0.05) is 0 Å². The van der Waals surface area contributed by atoms with Crippen LogP contribution in [0, 0.1) is 74.0 Å². The molecule has 0 bridgehead atoms. The fourth-order valence-corrected chi connectivity index (χ4v) is 2.81. The molecule has 0 aromatic carbocycles. The van der Waals surface area contributed by atoms with Crippen LogP contribution in [-0.4, -0.2) is 0 Å². The van der Waals surface area contributed by atoms with E-state index in [-0.39, 0.29) is 41.1 Å². The van der Waals surface area contributed by atoms with E-state index in [9.17, 15) is 0 Å². The smallest absolute Gasteiger partial charge is 0.358 e. The summed E-state index contributed by atoms with van der Waals surface area (Å²) in [7, 11) is 0. The normalized spacial score (nSPS) is 24.8. The van der Waals surface area contributed by atoms with E-state index in [1.165, 1.54) is 59.2 Å². The zero-order chi connectivity index (χ0) is 15.8. The van der Waals surface area contributed by atoms with Crippen molar-refractivity contribution in [3.63, 3.8) is 0 Å². The molecule has 0 aromatic rings. The maximum absolute atomic E-state index is 2.20.